The number of aliphatic hydroxyl groups is 1. The van der Waals surface area contributed by atoms with Crippen molar-refractivity contribution < 1.29 is 15.0 Å². The molecule has 4 heteroatoms. The summed E-state index contributed by atoms with van der Waals surface area (Å²) in [6.45, 7) is 2.08. The van der Waals surface area contributed by atoms with Gasteiger partial charge in [-0.2, -0.15) is 0 Å². The third-order valence-corrected chi connectivity index (χ3v) is 3.09. The van der Waals surface area contributed by atoms with Gasteiger partial charge in [0.2, 0.25) is 0 Å². The van der Waals surface area contributed by atoms with Crippen LogP contribution in [0.5, 0.6) is 0 Å². The van der Waals surface area contributed by atoms with Crippen LogP contribution in [-0.2, 0) is 4.79 Å². The van der Waals surface area contributed by atoms with E-state index in [0.29, 0.717) is 0 Å². The highest BCUT2D eigenvalue weighted by Gasteiger charge is 2.17. The van der Waals surface area contributed by atoms with Crippen molar-refractivity contribution in [1.82, 2.24) is 0 Å². The Morgan fingerprint density at radius 2 is 2.17 bits per heavy atom. The Kier molecular flexibility index (Phi) is 6.74. The van der Waals surface area contributed by atoms with Crippen LogP contribution >= 0.6 is 22.6 Å². The Morgan fingerprint density at radius 1 is 1.58 bits per heavy atom. The molecule has 0 aliphatic heterocycles. The molecule has 3 nitrogen and oxygen atoms in total. The maximum Gasteiger partial charge on any atom is 0.306 e. The zero-order valence-electron chi connectivity index (χ0n) is 7.16. The van der Waals surface area contributed by atoms with Gasteiger partial charge in [0.1, 0.15) is 0 Å². The molecule has 0 fully saturated rings. The first-order chi connectivity index (χ1) is 5.57. The SMILES string of the molecule is CCCCC(I)C(O)CC(=O)O. The number of carboxylic acids is 1. The van der Waals surface area contributed by atoms with Crippen LogP contribution in [0.4, 0.5) is 0 Å². The van der Waals surface area contributed by atoms with Crippen molar-refractivity contribution in [3.8, 4) is 0 Å². The highest BCUT2D eigenvalue weighted by atomic mass is 127. The fraction of sp³-hybridized carbons (Fsp3) is 0.875. The molecular weight excluding hydrogens is 271 g/mol. The van der Waals surface area contributed by atoms with Crippen molar-refractivity contribution in [2.75, 3.05) is 0 Å². The molecule has 0 spiro atoms. The molecule has 72 valence electrons. The number of rotatable bonds is 6. The summed E-state index contributed by atoms with van der Waals surface area (Å²) in [5.41, 5.74) is 0. The van der Waals surface area contributed by atoms with E-state index in [2.05, 4.69) is 29.5 Å². The molecule has 0 amide bonds. The predicted octanol–water partition coefficient (Wildman–Crippen LogP) is 1.82. The summed E-state index contributed by atoms with van der Waals surface area (Å²) in [5, 5.41) is 17.7. The van der Waals surface area contributed by atoms with Crippen LogP contribution in [0, 0.1) is 0 Å². The number of halogens is 1. The number of carboxylic acid groups (broad SMARTS) is 1. The molecule has 0 radical (unpaired) electrons. The van der Waals surface area contributed by atoms with Crippen LogP contribution in [0.25, 0.3) is 0 Å². The molecule has 0 rings (SSSR count). The molecule has 12 heavy (non-hydrogen) atoms. The summed E-state index contributed by atoms with van der Waals surface area (Å²) in [7, 11) is 0. The van der Waals surface area contributed by atoms with Gasteiger partial charge in [-0.1, -0.05) is 42.4 Å². The first kappa shape index (κ1) is 12.2. The molecule has 0 aliphatic carbocycles. The van der Waals surface area contributed by atoms with Crippen molar-refractivity contribution >= 4 is 28.6 Å². The third kappa shape index (κ3) is 5.77. The molecule has 2 unspecified atom stereocenters. The molecule has 0 aliphatic rings. The number of unbranched alkanes of at least 4 members (excludes halogenated alkanes) is 1. The maximum atomic E-state index is 10.2. The van der Waals surface area contributed by atoms with Gasteiger partial charge in [0.25, 0.3) is 0 Å². The summed E-state index contributed by atoms with van der Waals surface area (Å²) in [5.74, 6) is -0.930. The molecule has 0 saturated carbocycles. The lowest BCUT2D eigenvalue weighted by Gasteiger charge is -2.14. The quantitative estimate of drug-likeness (QED) is 0.578. The van der Waals surface area contributed by atoms with E-state index in [4.69, 9.17) is 5.11 Å². The summed E-state index contributed by atoms with van der Waals surface area (Å²) in [6.07, 6.45) is 2.18. The second-order valence-electron chi connectivity index (χ2n) is 2.82. The number of hydrogen-bond acceptors (Lipinski definition) is 2. The van der Waals surface area contributed by atoms with Crippen LogP contribution in [-0.4, -0.2) is 26.2 Å². The number of hydrogen-bond donors (Lipinski definition) is 2. The van der Waals surface area contributed by atoms with Gasteiger partial charge >= 0.3 is 5.97 Å². The Bertz CT molecular complexity index is 138. The summed E-state index contributed by atoms with van der Waals surface area (Å²) in [4.78, 5) is 10.2. The lowest BCUT2D eigenvalue weighted by Crippen LogP contribution is -2.23. The highest BCUT2D eigenvalue weighted by Crippen LogP contribution is 2.16. The standard InChI is InChI=1S/C8H15IO3/c1-2-3-4-6(9)7(10)5-8(11)12/h6-7,10H,2-5H2,1H3,(H,11,12). The molecule has 2 atom stereocenters. The van der Waals surface area contributed by atoms with E-state index < -0.39 is 12.1 Å². The molecule has 0 aromatic heterocycles. The maximum absolute atomic E-state index is 10.2. The molecule has 0 saturated heterocycles. The van der Waals surface area contributed by atoms with Crippen LogP contribution in [0.15, 0.2) is 0 Å². The van der Waals surface area contributed by atoms with Gasteiger partial charge < -0.3 is 10.2 Å². The number of aliphatic hydroxyl groups excluding tert-OH is 1. The summed E-state index contributed by atoms with van der Waals surface area (Å²) < 4.78 is 0.0682. The normalized spacial score (nSPS) is 15.6. The van der Waals surface area contributed by atoms with E-state index in [1.165, 1.54) is 0 Å². The van der Waals surface area contributed by atoms with Gasteiger partial charge in [0.05, 0.1) is 12.5 Å². The van der Waals surface area contributed by atoms with Crippen LogP contribution in [0.1, 0.15) is 32.6 Å². The van der Waals surface area contributed by atoms with E-state index in [9.17, 15) is 9.90 Å². The van der Waals surface area contributed by atoms with Crippen LogP contribution < -0.4 is 0 Å². The fourth-order valence-electron chi connectivity index (χ4n) is 0.898. The monoisotopic (exact) mass is 286 g/mol. The molecule has 0 heterocycles. The minimum atomic E-state index is -0.930. The summed E-state index contributed by atoms with van der Waals surface area (Å²) in [6, 6.07) is 0. The minimum Gasteiger partial charge on any atom is -0.481 e. The topological polar surface area (TPSA) is 57.5 Å². The van der Waals surface area contributed by atoms with Gasteiger partial charge in [-0.3, -0.25) is 4.79 Å². The second kappa shape index (κ2) is 6.65. The lowest BCUT2D eigenvalue weighted by molar-refractivity contribution is -0.139. The second-order valence-corrected chi connectivity index (χ2v) is 4.42. The summed E-state index contributed by atoms with van der Waals surface area (Å²) >= 11 is 2.11. The van der Waals surface area contributed by atoms with Crippen LogP contribution in [0.3, 0.4) is 0 Å². The largest absolute Gasteiger partial charge is 0.481 e. The van der Waals surface area contributed by atoms with E-state index in [0.717, 1.165) is 19.3 Å². The van der Waals surface area contributed by atoms with Gasteiger partial charge in [-0.05, 0) is 6.42 Å². The Labute approximate surface area is 86.3 Å². The van der Waals surface area contributed by atoms with Crippen LogP contribution in [0.2, 0.25) is 0 Å². The van der Waals surface area contributed by atoms with Crippen molar-refractivity contribution in [3.05, 3.63) is 0 Å². The zero-order chi connectivity index (χ0) is 9.56. The first-order valence-electron chi connectivity index (χ1n) is 4.11. The van der Waals surface area contributed by atoms with E-state index in [-0.39, 0.29) is 10.3 Å². The van der Waals surface area contributed by atoms with Gasteiger partial charge in [-0.25, -0.2) is 0 Å². The molecule has 0 aromatic rings. The number of carbonyl (C=O) groups is 1. The zero-order valence-corrected chi connectivity index (χ0v) is 9.32. The molecule has 0 aromatic carbocycles. The average Bonchev–Trinajstić information content (AvgIpc) is 1.98. The van der Waals surface area contributed by atoms with Gasteiger partial charge in [0, 0.05) is 3.92 Å². The van der Waals surface area contributed by atoms with Crippen molar-refractivity contribution in [2.45, 2.75) is 42.6 Å². The average molecular weight is 286 g/mol. The highest BCUT2D eigenvalue weighted by molar-refractivity contribution is 14.1. The number of aliphatic carboxylic acids is 1. The smallest absolute Gasteiger partial charge is 0.306 e. The molecule has 0 bridgehead atoms. The van der Waals surface area contributed by atoms with E-state index in [1.807, 2.05) is 0 Å². The Hall–Kier alpha value is 0.160. The molecule has 2 N–H and O–H groups in total. The van der Waals surface area contributed by atoms with E-state index in [1.54, 1.807) is 0 Å². The van der Waals surface area contributed by atoms with Crippen molar-refractivity contribution in [2.24, 2.45) is 0 Å². The lowest BCUT2D eigenvalue weighted by atomic mass is 10.1. The van der Waals surface area contributed by atoms with Gasteiger partial charge in [-0.15, -0.1) is 0 Å². The Morgan fingerprint density at radius 3 is 2.58 bits per heavy atom. The minimum absolute atomic E-state index is 0.0682. The van der Waals surface area contributed by atoms with Crippen molar-refractivity contribution in [1.29, 1.82) is 0 Å². The van der Waals surface area contributed by atoms with Gasteiger partial charge in [0.15, 0.2) is 0 Å². The predicted molar refractivity (Wildman–Crippen MR) is 55.6 cm³/mol. The number of alkyl halides is 1. The Balaban J connectivity index is 3.60. The van der Waals surface area contributed by atoms with E-state index >= 15 is 0 Å². The third-order valence-electron chi connectivity index (χ3n) is 1.63. The fourth-order valence-corrected chi connectivity index (χ4v) is 1.59. The first-order valence-corrected chi connectivity index (χ1v) is 5.36. The molecular formula is C8H15IO3. The van der Waals surface area contributed by atoms with Crippen molar-refractivity contribution in [3.63, 3.8) is 0 Å².